The van der Waals surface area contributed by atoms with Crippen molar-refractivity contribution < 1.29 is 14.1 Å². The number of hydrogen-bond acceptors (Lipinski definition) is 8. The molecule has 34 heavy (non-hydrogen) atoms. The zero-order valence-electron chi connectivity index (χ0n) is 19.7. The lowest BCUT2D eigenvalue weighted by molar-refractivity contribution is 0.0951. The molecule has 0 bridgehead atoms. The highest BCUT2D eigenvalue weighted by Gasteiger charge is 2.28. The van der Waals surface area contributed by atoms with Gasteiger partial charge in [0.1, 0.15) is 12.4 Å². The van der Waals surface area contributed by atoms with Crippen molar-refractivity contribution in [3.05, 3.63) is 53.2 Å². The summed E-state index contributed by atoms with van der Waals surface area (Å²) in [5.41, 5.74) is 3.19. The molecule has 5 rings (SSSR count). The molecule has 1 fully saturated rings. The monoisotopic (exact) mass is 461 g/mol. The molecule has 0 aliphatic heterocycles. The van der Waals surface area contributed by atoms with Crippen LogP contribution in [0.5, 0.6) is 5.88 Å². The van der Waals surface area contributed by atoms with Crippen molar-refractivity contribution in [2.45, 2.75) is 52.6 Å². The first kappa shape index (κ1) is 22.0. The molecular formula is C24H27N7O3. The van der Waals surface area contributed by atoms with E-state index in [0.29, 0.717) is 40.3 Å². The molecular weight excluding hydrogens is 434 g/mol. The minimum absolute atomic E-state index is 0.0992. The Hall–Kier alpha value is -3.82. The summed E-state index contributed by atoms with van der Waals surface area (Å²) >= 11 is 0. The van der Waals surface area contributed by atoms with Crippen LogP contribution < -0.4 is 10.1 Å². The van der Waals surface area contributed by atoms with Crippen LogP contribution in [0.2, 0.25) is 0 Å². The first-order valence-electron chi connectivity index (χ1n) is 11.3. The van der Waals surface area contributed by atoms with Gasteiger partial charge in [-0.05, 0) is 43.2 Å². The van der Waals surface area contributed by atoms with Crippen molar-refractivity contribution in [1.82, 2.24) is 35.3 Å². The maximum absolute atomic E-state index is 12.3. The Morgan fingerprint density at radius 3 is 2.74 bits per heavy atom. The molecule has 10 nitrogen and oxygen atoms in total. The number of aryl methyl sites for hydroxylation is 1. The average Bonchev–Trinajstić information content (AvgIpc) is 3.40. The molecule has 1 aliphatic rings. The number of aromatic nitrogens is 6. The molecule has 0 atom stereocenters. The molecule has 0 unspecified atom stereocenters. The highest BCUT2D eigenvalue weighted by molar-refractivity contribution is 5.93. The van der Waals surface area contributed by atoms with Crippen molar-refractivity contribution in [2.24, 2.45) is 5.92 Å². The van der Waals surface area contributed by atoms with Crippen LogP contribution in [0.3, 0.4) is 0 Å². The Bertz CT molecular complexity index is 1330. The number of hydrogen-bond donors (Lipinski definition) is 1. The number of fused-ring (bicyclic) bond motifs is 1. The third-order valence-electron chi connectivity index (χ3n) is 5.72. The van der Waals surface area contributed by atoms with Crippen LogP contribution in [0.1, 0.15) is 61.0 Å². The predicted molar refractivity (Wildman–Crippen MR) is 123 cm³/mol. The van der Waals surface area contributed by atoms with Crippen molar-refractivity contribution in [3.8, 4) is 17.4 Å². The molecule has 1 saturated carbocycles. The van der Waals surface area contributed by atoms with Crippen molar-refractivity contribution in [2.75, 3.05) is 6.54 Å². The first-order chi connectivity index (χ1) is 16.3. The van der Waals surface area contributed by atoms with Gasteiger partial charge in [0.05, 0.1) is 23.0 Å². The fraction of sp³-hybridized carbons (Fsp3) is 0.417. The van der Waals surface area contributed by atoms with Gasteiger partial charge in [0.15, 0.2) is 5.69 Å². The van der Waals surface area contributed by atoms with E-state index in [9.17, 15) is 4.79 Å². The Morgan fingerprint density at radius 2 is 2.09 bits per heavy atom. The molecule has 4 aromatic heterocycles. The number of amides is 1. The molecule has 10 heteroatoms. The summed E-state index contributed by atoms with van der Waals surface area (Å²) in [5, 5.41) is 20.1. The van der Waals surface area contributed by atoms with Crippen molar-refractivity contribution in [3.63, 3.8) is 0 Å². The SMILES string of the molecule is Cc1cc(-c2nncc3c(C(C)(C)C)c(OCc4ccc(C(=O)NCC5CC5)cn4)nn23)no1. The number of nitrogens with zero attached hydrogens (tertiary/aromatic N) is 6. The summed E-state index contributed by atoms with van der Waals surface area (Å²) < 4.78 is 13.0. The highest BCUT2D eigenvalue weighted by atomic mass is 16.5. The van der Waals surface area contributed by atoms with Gasteiger partial charge in [0, 0.05) is 24.4 Å². The fourth-order valence-electron chi connectivity index (χ4n) is 3.76. The van der Waals surface area contributed by atoms with Crippen LogP contribution in [-0.2, 0) is 12.0 Å². The summed E-state index contributed by atoms with van der Waals surface area (Å²) in [5.74, 6) is 2.14. The maximum atomic E-state index is 12.3. The summed E-state index contributed by atoms with van der Waals surface area (Å²) in [7, 11) is 0. The van der Waals surface area contributed by atoms with E-state index >= 15 is 0 Å². The van der Waals surface area contributed by atoms with E-state index in [4.69, 9.17) is 14.4 Å². The van der Waals surface area contributed by atoms with Gasteiger partial charge in [-0.15, -0.1) is 10.2 Å². The quantitative estimate of drug-likeness (QED) is 0.444. The van der Waals surface area contributed by atoms with E-state index in [-0.39, 0.29) is 17.9 Å². The summed E-state index contributed by atoms with van der Waals surface area (Å²) in [4.78, 5) is 16.7. The number of rotatable bonds is 7. The highest BCUT2D eigenvalue weighted by Crippen LogP contribution is 2.36. The van der Waals surface area contributed by atoms with E-state index < -0.39 is 0 Å². The molecule has 176 valence electrons. The number of pyridine rings is 1. The zero-order valence-corrected chi connectivity index (χ0v) is 19.7. The van der Waals surface area contributed by atoms with Gasteiger partial charge in [-0.25, -0.2) is 4.52 Å². The molecule has 0 radical (unpaired) electrons. The van der Waals surface area contributed by atoms with Crippen molar-refractivity contribution in [1.29, 1.82) is 0 Å². The van der Waals surface area contributed by atoms with Gasteiger partial charge in [-0.2, -0.15) is 5.10 Å². The van der Waals surface area contributed by atoms with E-state index in [2.05, 4.69) is 46.4 Å². The standard InChI is InChI=1S/C24H27N7O3/c1-14-9-18(30-34-14)21-28-27-12-19-20(24(2,3)4)23(29-31(19)21)33-13-17-8-7-16(11-25-17)22(32)26-10-15-5-6-15/h7-9,11-12,15H,5-6,10,13H2,1-4H3,(H,26,32). The molecule has 0 aromatic carbocycles. The van der Waals surface area contributed by atoms with E-state index in [1.54, 1.807) is 35.1 Å². The largest absolute Gasteiger partial charge is 0.470 e. The molecule has 1 amide bonds. The topological polar surface area (TPSA) is 120 Å². The second-order valence-electron chi connectivity index (χ2n) is 9.70. The van der Waals surface area contributed by atoms with E-state index in [1.165, 1.54) is 12.8 Å². The Balaban J connectivity index is 1.39. The van der Waals surface area contributed by atoms with E-state index in [0.717, 1.165) is 17.6 Å². The van der Waals surface area contributed by atoms with Gasteiger partial charge in [-0.3, -0.25) is 9.78 Å². The third-order valence-corrected chi connectivity index (χ3v) is 5.72. The minimum Gasteiger partial charge on any atom is -0.470 e. The number of carbonyl (C=O) groups excluding carboxylic acids is 1. The third kappa shape index (κ3) is 4.48. The molecule has 1 aliphatic carbocycles. The zero-order chi connectivity index (χ0) is 23.9. The van der Waals surface area contributed by atoms with Gasteiger partial charge in [0.25, 0.3) is 5.91 Å². The first-order valence-corrected chi connectivity index (χ1v) is 11.3. The molecule has 0 spiro atoms. The summed E-state index contributed by atoms with van der Waals surface area (Å²) in [6.07, 6.45) is 5.64. The summed E-state index contributed by atoms with van der Waals surface area (Å²) in [6.45, 7) is 9.01. The van der Waals surface area contributed by atoms with Gasteiger partial charge in [-0.1, -0.05) is 25.9 Å². The number of nitrogens with one attached hydrogen (secondary N) is 1. The van der Waals surface area contributed by atoms with Crippen LogP contribution in [0.15, 0.2) is 35.1 Å². The van der Waals surface area contributed by atoms with E-state index in [1.807, 2.05) is 6.92 Å². The molecule has 4 aromatic rings. The lowest BCUT2D eigenvalue weighted by Gasteiger charge is -2.18. The Labute approximate surface area is 196 Å². The smallest absolute Gasteiger partial charge is 0.252 e. The van der Waals surface area contributed by atoms with Crippen LogP contribution in [0.4, 0.5) is 0 Å². The van der Waals surface area contributed by atoms with Crippen molar-refractivity contribution >= 4 is 11.4 Å². The van der Waals surface area contributed by atoms with Gasteiger partial charge >= 0.3 is 0 Å². The number of ether oxygens (including phenoxy) is 1. The Morgan fingerprint density at radius 1 is 1.26 bits per heavy atom. The van der Waals surface area contributed by atoms with Crippen LogP contribution >= 0.6 is 0 Å². The Kier molecular flexibility index (Phi) is 5.51. The van der Waals surface area contributed by atoms with Crippen LogP contribution in [0, 0.1) is 12.8 Å². The maximum Gasteiger partial charge on any atom is 0.252 e. The fourth-order valence-corrected chi connectivity index (χ4v) is 3.76. The van der Waals surface area contributed by atoms with Gasteiger partial charge in [0.2, 0.25) is 11.7 Å². The van der Waals surface area contributed by atoms with Gasteiger partial charge < -0.3 is 14.6 Å². The normalized spacial score (nSPS) is 13.9. The average molecular weight is 462 g/mol. The lowest BCUT2D eigenvalue weighted by atomic mass is 9.88. The summed E-state index contributed by atoms with van der Waals surface area (Å²) in [6, 6.07) is 5.35. The second-order valence-corrected chi connectivity index (χ2v) is 9.70. The second kappa shape index (κ2) is 8.51. The van der Waals surface area contributed by atoms with Crippen LogP contribution in [0.25, 0.3) is 17.0 Å². The molecule has 0 saturated heterocycles. The van der Waals surface area contributed by atoms with Crippen LogP contribution in [-0.4, -0.2) is 42.4 Å². The number of carbonyl (C=O) groups is 1. The lowest BCUT2D eigenvalue weighted by Crippen LogP contribution is -2.25. The minimum atomic E-state index is -0.270. The molecule has 4 heterocycles. The molecule has 1 N–H and O–H groups in total. The predicted octanol–water partition coefficient (Wildman–Crippen LogP) is 3.50.